The van der Waals surface area contributed by atoms with Crippen LogP contribution in [0.3, 0.4) is 0 Å². The van der Waals surface area contributed by atoms with Crippen LogP contribution < -0.4 is 24.8 Å². The maximum atomic E-state index is 15.0. The number of alkyl carbamates (subject to hydrolysis) is 1. The fraction of sp³-hybridized carbons (Fsp3) is 0.500. The molecule has 0 spiro atoms. The highest BCUT2D eigenvalue weighted by Gasteiger charge is 2.62. The Hall–Kier alpha value is -5.44. The van der Waals surface area contributed by atoms with Gasteiger partial charge >= 0.3 is 6.09 Å². The molecule has 3 aliphatic carbocycles. The lowest BCUT2D eigenvalue weighted by Crippen LogP contribution is -2.59. The highest BCUT2D eigenvalue weighted by atomic mass is 32.2. The van der Waals surface area contributed by atoms with E-state index in [9.17, 15) is 22.8 Å². The molecule has 3 saturated carbocycles. The van der Waals surface area contributed by atoms with Crippen LogP contribution >= 0.6 is 0 Å². The molecule has 3 heterocycles. The summed E-state index contributed by atoms with van der Waals surface area (Å²) in [5.74, 6) is -1.57. The van der Waals surface area contributed by atoms with Crippen molar-refractivity contribution in [3.63, 3.8) is 0 Å². The first-order chi connectivity index (χ1) is 29.2. The molecule has 2 aliphatic heterocycles. The number of cyclic esters (lactones) is 1. The number of nitrogens with zero attached hydrogens (tertiary/aromatic N) is 2. The fourth-order valence-electron chi connectivity index (χ4n) is 9.00. The predicted octanol–water partition coefficient (Wildman–Crippen LogP) is 6.05. The maximum Gasteiger partial charge on any atom is 0.407 e. The van der Waals surface area contributed by atoms with Crippen LogP contribution in [0.25, 0.3) is 28.2 Å². The standard InChI is InChI=1S/C46H55N5O9S/c1-5-31-25-46(31,43(54)50-61(56,57)33-18-19-33)49-41(52)37-22-32-26-51(37)42(53)40(29-15-10-7-11-16-29)48-44(55)59-27-45(2,3)20-12-17-30-21-34-36(24-38(30)58-4)47-35(23-39(34)60-32)28-13-8-6-9-14-28/h5-6,8-9,12-14,17,21,23-24,29,31-33,37,40H,1,7,10-11,15-16,18-20,22,25-27H2,2-4H3,(H,48,55)(H,49,52)(H,50,54)/t31-,32-,37+,40+,46-/m1/s1. The topological polar surface area (TPSA) is 182 Å². The average molecular weight is 854 g/mol. The summed E-state index contributed by atoms with van der Waals surface area (Å²) in [5, 5.41) is 5.83. The van der Waals surface area contributed by atoms with E-state index in [0.717, 1.165) is 30.4 Å². The number of aromatic nitrogens is 1. The van der Waals surface area contributed by atoms with Crippen LogP contribution in [0.5, 0.6) is 11.5 Å². The van der Waals surface area contributed by atoms with E-state index in [1.807, 2.05) is 74.5 Å². The SMILES string of the molecule is C=C[C@@H]1C[C@]1(NC(=O)[C@@H]1C[C@@H]2CN1C(=O)[C@H](C1CCCCC1)NC(=O)OCC(C)(C)CC=Cc1cc3c(cc(-c4ccccc4)nc3cc1OC)O2)C(=O)NS(=O)(=O)C1CC1. The normalized spacial score (nSPS) is 26.9. The van der Waals surface area contributed by atoms with Crippen LogP contribution in [0.2, 0.25) is 0 Å². The molecule has 0 unspecified atom stereocenters. The Labute approximate surface area is 356 Å². The number of fused-ring (bicyclic) bond motifs is 3. The zero-order valence-electron chi connectivity index (χ0n) is 35.0. The number of rotatable bonds is 9. The Bertz CT molecular complexity index is 2360. The van der Waals surface area contributed by atoms with Gasteiger partial charge in [-0.1, -0.05) is 81.7 Å². The van der Waals surface area contributed by atoms with Crippen molar-refractivity contribution >= 4 is 50.8 Å². The number of amides is 4. The van der Waals surface area contributed by atoms with Crippen LogP contribution in [0.1, 0.15) is 83.6 Å². The van der Waals surface area contributed by atoms with E-state index in [4.69, 9.17) is 19.2 Å². The summed E-state index contributed by atoms with van der Waals surface area (Å²) in [5.41, 5.74) is 0.868. The summed E-state index contributed by atoms with van der Waals surface area (Å²) in [6.45, 7) is 7.87. The van der Waals surface area contributed by atoms with Gasteiger partial charge < -0.3 is 29.7 Å². The summed E-state index contributed by atoms with van der Waals surface area (Å²) >= 11 is 0. The van der Waals surface area contributed by atoms with Gasteiger partial charge in [0.15, 0.2) is 0 Å². The molecular weight excluding hydrogens is 799 g/mol. The van der Waals surface area contributed by atoms with Gasteiger partial charge in [0.2, 0.25) is 21.8 Å². The third-order valence-corrected chi connectivity index (χ3v) is 14.6. The lowest BCUT2D eigenvalue weighted by molar-refractivity contribution is -0.142. The number of sulfonamides is 1. The number of hydrogen-bond donors (Lipinski definition) is 3. The molecule has 4 bridgehead atoms. The quantitative estimate of drug-likeness (QED) is 0.215. The fourth-order valence-corrected chi connectivity index (χ4v) is 10.4. The Kier molecular flexibility index (Phi) is 11.6. The Morgan fingerprint density at radius 3 is 2.49 bits per heavy atom. The van der Waals surface area contributed by atoms with Crippen molar-refractivity contribution in [2.75, 3.05) is 20.3 Å². The van der Waals surface area contributed by atoms with E-state index < -0.39 is 74.1 Å². The molecule has 8 rings (SSSR count). The lowest BCUT2D eigenvalue weighted by Gasteiger charge is -2.35. The predicted molar refractivity (Wildman–Crippen MR) is 230 cm³/mol. The second kappa shape index (κ2) is 16.8. The number of carbonyl (C=O) groups excluding carboxylic acids is 4. The molecule has 14 nitrogen and oxygen atoms in total. The number of methoxy groups -OCH3 is 1. The molecule has 5 atom stereocenters. The summed E-state index contributed by atoms with van der Waals surface area (Å²) in [4.78, 5) is 63.5. The van der Waals surface area contributed by atoms with E-state index >= 15 is 4.79 Å². The Morgan fingerprint density at radius 2 is 1.80 bits per heavy atom. The van der Waals surface area contributed by atoms with Crippen molar-refractivity contribution in [3.8, 4) is 22.8 Å². The first-order valence-corrected chi connectivity index (χ1v) is 22.9. The van der Waals surface area contributed by atoms with Crippen molar-refractivity contribution in [3.05, 3.63) is 72.8 Å². The molecule has 1 saturated heterocycles. The van der Waals surface area contributed by atoms with E-state index in [2.05, 4.69) is 21.9 Å². The van der Waals surface area contributed by atoms with Gasteiger partial charge in [0.25, 0.3) is 5.91 Å². The number of carbonyl (C=O) groups is 4. The van der Waals surface area contributed by atoms with Crippen LogP contribution in [-0.4, -0.2) is 91.4 Å². The number of nitrogens with one attached hydrogen (secondary N) is 3. The summed E-state index contributed by atoms with van der Waals surface area (Å²) in [6, 6.07) is 13.2. The lowest BCUT2D eigenvalue weighted by atomic mass is 9.83. The van der Waals surface area contributed by atoms with Crippen molar-refractivity contribution < 1.29 is 41.8 Å². The molecule has 3 N–H and O–H groups in total. The third kappa shape index (κ3) is 8.98. The van der Waals surface area contributed by atoms with Crippen LogP contribution in [0.15, 0.2) is 67.3 Å². The minimum atomic E-state index is -3.92. The van der Waals surface area contributed by atoms with Gasteiger partial charge in [0, 0.05) is 46.4 Å². The second-order valence-electron chi connectivity index (χ2n) is 18.0. The first kappa shape index (κ1) is 42.3. The molecule has 15 heteroatoms. The van der Waals surface area contributed by atoms with Crippen LogP contribution in [0.4, 0.5) is 4.79 Å². The molecule has 3 aromatic rings. The minimum absolute atomic E-state index is 0.0164. The third-order valence-electron chi connectivity index (χ3n) is 12.8. The van der Waals surface area contributed by atoms with Crippen LogP contribution in [-0.2, 0) is 29.1 Å². The summed E-state index contributed by atoms with van der Waals surface area (Å²) in [6.07, 6.45) is 9.91. The van der Waals surface area contributed by atoms with E-state index in [0.29, 0.717) is 60.2 Å². The molecule has 324 valence electrons. The minimum Gasteiger partial charge on any atom is -0.496 e. The maximum absolute atomic E-state index is 15.0. The van der Waals surface area contributed by atoms with Gasteiger partial charge in [0.1, 0.15) is 35.2 Å². The largest absolute Gasteiger partial charge is 0.496 e. The zero-order valence-corrected chi connectivity index (χ0v) is 35.8. The number of hydrogen-bond acceptors (Lipinski definition) is 10. The molecule has 5 aliphatic rings. The Morgan fingerprint density at radius 1 is 1.05 bits per heavy atom. The zero-order chi connectivity index (χ0) is 43.1. The van der Waals surface area contributed by atoms with Gasteiger partial charge in [-0.3, -0.25) is 19.1 Å². The number of allylic oxidation sites excluding steroid dienone is 1. The van der Waals surface area contributed by atoms with Gasteiger partial charge in [0.05, 0.1) is 36.7 Å². The van der Waals surface area contributed by atoms with E-state index in [-0.39, 0.29) is 31.9 Å². The molecule has 2 aromatic carbocycles. The summed E-state index contributed by atoms with van der Waals surface area (Å²) < 4.78 is 46.5. The molecule has 4 fully saturated rings. The number of ether oxygens (including phenoxy) is 3. The monoisotopic (exact) mass is 853 g/mol. The smallest absolute Gasteiger partial charge is 0.407 e. The molecular formula is C46H55N5O9S. The van der Waals surface area contributed by atoms with Crippen LogP contribution in [0, 0.1) is 17.3 Å². The van der Waals surface area contributed by atoms with Gasteiger partial charge in [-0.05, 0) is 50.5 Å². The number of pyridine rings is 1. The van der Waals surface area contributed by atoms with Crippen molar-refractivity contribution in [2.24, 2.45) is 17.3 Å². The molecule has 1 aromatic heterocycles. The molecule has 4 amide bonds. The first-order valence-electron chi connectivity index (χ1n) is 21.4. The van der Waals surface area contributed by atoms with Crippen molar-refractivity contribution in [2.45, 2.75) is 107 Å². The highest BCUT2D eigenvalue weighted by Crippen LogP contribution is 2.46. The Balaban J connectivity index is 1.20. The van der Waals surface area contributed by atoms with E-state index in [1.54, 1.807) is 7.11 Å². The molecule has 61 heavy (non-hydrogen) atoms. The van der Waals surface area contributed by atoms with Gasteiger partial charge in [-0.25, -0.2) is 18.2 Å². The van der Waals surface area contributed by atoms with E-state index in [1.165, 1.54) is 11.0 Å². The average Bonchev–Trinajstić information content (AvgIpc) is 4.18. The van der Waals surface area contributed by atoms with Crippen molar-refractivity contribution in [1.82, 2.24) is 25.2 Å². The molecule has 0 radical (unpaired) electrons. The summed E-state index contributed by atoms with van der Waals surface area (Å²) in [7, 11) is -2.32. The van der Waals surface area contributed by atoms with Gasteiger partial charge in [-0.15, -0.1) is 6.58 Å². The van der Waals surface area contributed by atoms with Crippen molar-refractivity contribution in [1.29, 1.82) is 0 Å². The van der Waals surface area contributed by atoms with Gasteiger partial charge in [-0.2, -0.15) is 0 Å². The second-order valence-corrected chi connectivity index (χ2v) is 20.0. The number of benzene rings is 2. The highest BCUT2D eigenvalue weighted by molar-refractivity contribution is 7.91.